The smallest absolute Gasteiger partial charge is 0.0656 e. The number of hydrogen-bond acceptors (Lipinski definition) is 0. The summed E-state index contributed by atoms with van der Waals surface area (Å²) in [6.45, 7) is 39.5. The molecule has 0 atom stereocenters. The largest absolute Gasteiger partial charge is 0.0854 e. The molecule has 44 heavy (non-hydrogen) atoms. The van der Waals surface area contributed by atoms with E-state index in [1.54, 1.807) is 74.6 Å². The van der Waals surface area contributed by atoms with Crippen molar-refractivity contribution in [1.82, 2.24) is 0 Å². The number of rotatable bonds is 10. The van der Waals surface area contributed by atoms with Gasteiger partial charge in [0.15, 0.2) is 0 Å². The summed E-state index contributed by atoms with van der Waals surface area (Å²) >= 11 is 0. The lowest BCUT2D eigenvalue weighted by atomic mass is 9.96. The van der Waals surface area contributed by atoms with Crippen molar-refractivity contribution in [3.8, 4) is 0 Å². The van der Waals surface area contributed by atoms with Crippen LogP contribution in [-0.4, -0.2) is 54.2 Å². The second-order valence-electron chi connectivity index (χ2n) is 16.3. The fourth-order valence-corrected chi connectivity index (χ4v) is 17.0. The third kappa shape index (κ3) is 7.25. The molecular weight excluding hydrogens is 625 g/mol. The summed E-state index contributed by atoms with van der Waals surface area (Å²) in [5.74, 6) is 0. The van der Waals surface area contributed by atoms with Gasteiger partial charge in [0.1, 0.15) is 0 Å². The molecule has 0 aliphatic heterocycles. The van der Waals surface area contributed by atoms with Crippen molar-refractivity contribution < 1.29 is 0 Å². The minimum absolute atomic E-state index is 0.636. The molecule has 0 heterocycles. The Morgan fingerprint density at radius 3 is 0.864 bits per heavy atom. The zero-order chi connectivity index (χ0) is 33.0. The monoisotopic (exact) mass is 680 g/mol. The highest BCUT2D eigenvalue weighted by Crippen LogP contribution is 2.28. The summed E-state index contributed by atoms with van der Waals surface area (Å²) in [4.78, 5) is 0. The Balaban J connectivity index is 2.37. The SMILES string of the molecule is Cc1c(C)c([Si]C(C)C)c2cc3c([Si]C(C)C)c4cc([Si](C)(C)C)c([Si](C)(C)C)cc4c([Si]C(C)C)c3cc2c1[Si]C(C)C. The van der Waals surface area contributed by atoms with Crippen LogP contribution in [0.4, 0.5) is 0 Å². The van der Waals surface area contributed by atoms with E-state index in [2.05, 4.69) is 133 Å². The maximum Gasteiger partial charge on any atom is 0.0854 e. The molecule has 0 saturated heterocycles. The highest BCUT2D eigenvalue weighted by atomic mass is 28.3. The van der Waals surface area contributed by atoms with Gasteiger partial charge in [0.2, 0.25) is 0 Å². The van der Waals surface area contributed by atoms with E-state index in [1.165, 1.54) is 0 Å². The molecule has 0 nitrogen and oxygen atoms in total. The summed E-state index contributed by atoms with van der Waals surface area (Å²) < 4.78 is 0. The Labute approximate surface area is 282 Å². The third-order valence-corrected chi connectivity index (χ3v) is 18.7. The van der Waals surface area contributed by atoms with Gasteiger partial charge in [0.05, 0.1) is 54.2 Å². The maximum atomic E-state index is 2.74. The van der Waals surface area contributed by atoms with Crippen LogP contribution < -0.4 is 31.1 Å². The van der Waals surface area contributed by atoms with Crippen LogP contribution >= 0.6 is 0 Å². The molecule has 0 amide bonds. The lowest BCUT2D eigenvalue weighted by Gasteiger charge is -2.30. The van der Waals surface area contributed by atoms with Crippen molar-refractivity contribution in [3.63, 3.8) is 0 Å². The minimum Gasteiger partial charge on any atom is -0.0656 e. The molecule has 4 rings (SSSR count). The molecule has 0 fully saturated rings. The molecule has 4 aromatic rings. The van der Waals surface area contributed by atoms with E-state index in [9.17, 15) is 0 Å². The Morgan fingerprint density at radius 1 is 0.386 bits per heavy atom. The number of fused-ring (bicyclic) bond motifs is 3. The highest BCUT2D eigenvalue weighted by Gasteiger charge is 2.30. The van der Waals surface area contributed by atoms with E-state index in [4.69, 9.17) is 0 Å². The van der Waals surface area contributed by atoms with Gasteiger partial charge in [-0.1, -0.05) is 150 Å². The summed E-state index contributed by atoms with van der Waals surface area (Å²) in [6.07, 6.45) is 0. The van der Waals surface area contributed by atoms with E-state index >= 15 is 0 Å². The van der Waals surface area contributed by atoms with Crippen LogP contribution in [0.25, 0.3) is 32.3 Å². The van der Waals surface area contributed by atoms with Crippen molar-refractivity contribution in [1.29, 1.82) is 0 Å². The predicted molar refractivity (Wildman–Crippen MR) is 216 cm³/mol. The molecule has 0 unspecified atom stereocenters. The van der Waals surface area contributed by atoms with E-state index in [0.29, 0.717) is 22.2 Å². The standard InChI is InChI=1S/C38H56Si6/c1-21(2)39-35-25(9)26(10)36(40-22(3)4)28-18-30-29(17-27(28)35)37(41-23(5)6)31-19-33(43(11,12)13)34(44(14,15)16)20-32(31)38(30)42-24(7)8/h17-24H,1-16H3. The zero-order valence-corrected chi connectivity index (χ0v) is 36.6. The van der Waals surface area contributed by atoms with E-state index in [0.717, 1.165) is 38.1 Å². The van der Waals surface area contributed by atoms with Crippen LogP contribution in [0.15, 0.2) is 24.3 Å². The van der Waals surface area contributed by atoms with E-state index in [-0.39, 0.29) is 0 Å². The Hall–Kier alpha value is -1.04. The van der Waals surface area contributed by atoms with Gasteiger partial charge in [-0.25, -0.2) is 0 Å². The van der Waals surface area contributed by atoms with E-state index < -0.39 is 16.1 Å². The molecule has 0 aromatic heterocycles. The third-order valence-electron chi connectivity index (χ3n) is 8.59. The normalized spacial score (nSPS) is 13.3. The average Bonchev–Trinajstić information content (AvgIpc) is 2.87. The number of benzene rings is 4. The fourth-order valence-electron chi connectivity index (χ4n) is 6.59. The van der Waals surface area contributed by atoms with Crippen molar-refractivity contribution in [2.45, 2.75) is 131 Å². The minimum atomic E-state index is -1.55. The summed E-state index contributed by atoms with van der Waals surface area (Å²) in [5, 5.41) is 19.3. The van der Waals surface area contributed by atoms with Gasteiger partial charge < -0.3 is 0 Å². The maximum absolute atomic E-state index is 2.74. The lowest BCUT2D eigenvalue weighted by molar-refractivity contribution is 1.06. The highest BCUT2D eigenvalue weighted by molar-refractivity contribution is 6.98. The second kappa shape index (κ2) is 13.2. The Bertz CT molecular complexity index is 1570. The molecule has 232 valence electrons. The van der Waals surface area contributed by atoms with Gasteiger partial charge in [-0.2, -0.15) is 0 Å². The van der Waals surface area contributed by atoms with Crippen molar-refractivity contribution >= 4 is 118 Å². The molecule has 0 aliphatic rings. The molecular formula is C38H56Si6. The van der Waals surface area contributed by atoms with Crippen LogP contribution in [0.1, 0.15) is 66.5 Å². The fraction of sp³-hybridized carbons (Fsp3) is 0.526. The zero-order valence-electron chi connectivity index (χ0n) is 30.6. The molecule has 0 saturated carbocycles. The van der Waals surface area contributed by atoms with Crippen LogP contribution in [0, 0.1) is 13.8 Å². The molecule has 0 aliphatic carbocycles. The van der Waals surface area contributed by atoms with E-state index in [1.807, 2.05) is 0 Å². The molecule has 8 radical (unpaired) electrons. The Kier molecular flexibility index (Phi) is 10.8. The van der Waals surface area contributed by atoms with Crippen molar-refractivity contribution in [2.24, 2.45) is 0 Å². The van der Waals surface area contributed by atoms with Gasteiger partial charge in [-0.05, 0) is 79.8 Å². The van der Waals surface area contributed by atoms with Crippen molar-refractivity contribution in [2.75, 3.05) is 0 Å². The first-order chi connectivity index (χ1) is 20.2. The van der Waals surface area contributed by atoms with Gasteiger partial charge in [-0.15, -0.1) is 0 Å². The average molecular weight is 681 g/mol. The molecule has 0 bridgehead atoms. The van der Waals surface area contributed by atoms with Gasteiger partial charge in [0.25, 0.3) is 0 Å². The van der Waals surface area contributed by atoms with Crippen LogP contribution in [0.3, 0.4) is 0 Å². The van der Waals surface area contributed by atoms with Crippen LogP contribution in [0.2, 0.25) is 61.4 Å². The second-order valence-corrected chi connectivity index (χ2v) is 34.2. The van der Waals surface area contributed by atoms with Gasteiger partial charge in [0, 0.05) is 0 Å². The topological polar surface area (TPSA) is 0 Å². The van der Waals surface area contributed by atoms with Gasteiger partial charge in [-0.3, -0.25) is 0 Å². The molecule has 6 heteroatoms. The first-order valence-electron chi connectivity index (χ1n) is 16.8. The first-order valence-corrected chi connectivity index (χ1v) is 28.1. The molecule has 4 aromatic carbocycles. The first kappa shape index (κ1) is 35.8. The lowest BCUT2D eigenvalue weighted by Crippen LogP contribution is -2.56. The van der Waals surface area contributed by atoms with Crippen LogP contribution in [-0.2, 0) is 0 Å². The summed E-state index contributed by atoms with van der Waals surface area (Å²) in [5.41, 5.74) is 5.69. The van der Waals surface area contributed by atoms with Crippen LogP contribution in [0.5, 0.6) is 0 Å². The predicted octanol–water partition coefficient (Wildman–Crippen LogP) is 7.48. The van der Waals surface area contributed by atoms with Crippen molar-refractivity contribution in [3.05, 3.63) is 35.4 Å². The summed E-state index contributed by atoms with van der Waals surface area (Å²) in [6, 6.07) is 10.9. The number of hydrogen-bond donors (Lipinski definition) is 0. The summed E-state index contributed by atoms with van der Waals surface area (Å²) in [7, 11) is 0.200. The Morgan fingerprint density at radius 2 is 0.614 bits per heavy atom. The molecule has 0 spiro atoms. The molecule has 0 N–H and O–H groups in total. The van der Waals surface area contributed by atoms with Gasteiger partial charge >= 0.3 is 0 Å². The quantitative estimate of drug-likeness (QED) is 0.120.